The Bertz CT molecular complexity index is 1250. The van der Waals surface area contributed by atoms with Gasteiger partial charge < -0.3 is 14.5 Å². The summed E-state index contributed by atoms with van der Waals surface area (Å²) in [6.07, 6.45) is 4.61. The van der Waals surface area contributed by atoms with Gasteiger partial charge in [-0.2, -0.15) is 0 Å². The second-order valence-electron chi connectivity index (χ2n) is 8.11. The maximum absolute atomic E-state index is 13.3. The molecule has 4 rings (SSSR count). The molecular formula is C23H26N4O4S3. The molecule has 0 unspecified atom stereocenters. The zero-order valence-corrected chi connectivity index (χ0v) is 21.6. The second kappa shape index (κ2) is 10.3. The average Bonchev–Trinajstić information content (AvgIpc) is 3.27. The maximum Gasteiger partial charge on any atom is 0.257 e. The van der Waals surface area contributed by atoms with Gasteiger partial charge in [-0.05, 0) is 44.2 Å². The van der Waals surface area contributed by atoms with Gasteiger partial charge >= 0.3 is 0 Å². The number of benzene rings is 1. The Kier molecular flexibility index (Phi) is 7.44. The molecular weight excluding hydrogens is 492 g/mol. The van der Waals surface area contributed by atoms with E-state index < -0.39 is 9.84 Å². The molecule has 0 N–H and O–H groups in total. The van der Waals surface area contributed by atoms with Crippen molar-refractivity contribution in [2.24, 2.45) is 0 Å². The van der Waals surface area contributed by atoms with Gasteiger partial charge in [0.05, 0.1) is 27.0 Å². The van der Waals surface area contributed by atoms with Crippen LogP contribution in [0.5, 0.6) is 5.75 Å². The molecule has 1 fully saturated rings. The van der Waals surface area contributed by atoms with E-state index in [9.17, 15) is 13.2 Å². The highest BCUT2D eigenvalue weighted by Gasteiger charge is 2.27. The Balaban J connectivity index is 1.45. The summed E-state index contributed by atoms with van der Waals surface area (Å²) < 4.78 is 31.0. The first-order valence-electron chi connectivity index (χ1n) is 10.8. The van der Waals surface area contributed by atoms with Crippen molar-refractivity contribution >= 4 is 44.0 Å². The number of amides is 1. The van der Waals surface area contributed by atoms with Crippen LogP contribution in [0.4, 0.5) is 5.13 Å². The number of sulfone groups is 1. The van der Waals surface area contributed by atoms with Crippen molar-refractivity contribution in [1.82, 2.24) is 14.9 Å². The van der Waals surface area contributed by atoms with Gasteiger partial charge in [-0.1, -0.05) is 29.2 Å². The standard InChI is InChI=1S/C23H26N4O4S3/c1-16(2)31-19-8-7-17(34(3,29)30)14-18(19)22(28)26-10-12-27(13-11-26)23-25-15-21(33-23)32-20-6-4-5-9-24-20/h4-9,14-16H,10-13H2,1-3H3. The Morgan fingerprint density at radius 1 is 1.12 bits per heavy atom. The smallest absolute Gasteiger partial charge is 0.257 e. The number of carbonyl (C=O) groups excluding carboxylic acids is 1. The number of hydrogen-bond donors (Lipinski definition) is 0. The molecule has 0 radical (unpaired) electrons. The van der Waals surface area contributed by atoms with E-state index in [2.05, 4.69) is 14.9 Å². The van der Waals surface area contributed by atoms with Crippen LogP contribution in [-0.2, 0) is 9.84 Å². The third-order valence-corrected chi connectivity index (χ3v) is 8.35. The number of nitrogens with zero attached hydrogens (tertiary/aromatic N) is 4. The van der Waals surface area contributed by atoms with E-state index >= 15 is 0 Å². The first-order valence-corrected chi connectivity index (χ1v) is 14.3. The highest BCUT2D eigenvalue weighted by atomic mass is 32.2. The highest BCUT2D eigenvalue weighted by molar-refractivity contribution is 8.01. The number of rotatable bonds is 7. The molecule has 180 valence electrons. The van der Waals surface area contributed by atoms with Gasteiger partial charge in [-0.15, -0.1) is 0 Å². The topological polar surface area (TPSA) is 92.7 Å². The number of pyridine rings is 1. The van der Waals surface area contributed by atoms with Crippen LogP contribution in [0.3, 0.4) is 0 Å². The Hall–Kier alpha value is -2.63. The molecule has 1 aromatic carbocycles. The summed E-state index contributed by atoms with van der Waals surface area (Å²) in [4.78, 5) is 26.2. The molecule has 1 saturated heterocycles. The number of thiazole rings is 1. The fourth-order valence-electron chi connectivity index (χ4n) is 3.49. The molecule has 8 nitrogen and oxygen atoms in total. The monoisotopic (exact) mass is 518 g/mol. The number of piperazine rings is 1. The Morgan fingerprint density at radius 2 is 1.88 bits per heavy atom. The SMILES string of the molecule is CC(C)Oc1ccc(S(C)(=O)=O)cc1C(=O)N1CCN(c2ncc(Sc3ccccn3)s2)CC1. The van der Waals surface area contributed by atoms with Gasteiger partial charge in [0.2, 0.25) is 0 Å². The summed E-state index contributed by atoms with van der Waals surface area (Å²) in [7, 11) is -3.45. The number of aromatic nitrogens is 2. The molecule has 34 heavy (non-hydrogen) atoms. The van der Waals surface area contributed by atoms with Crippen molar-refractivity contribution in [2.75, 3.05) is 37.3 Å². The predicted octanol–water partition coefficient (Wildman–Crippen LogP) is 3.84. The van der Waals surface area contributed by atoms with Gasteiger partial charge in [0.15, 0.2) is 15.0 Å². The van der Waals surface area contributed by atoms with E-state index in [-0.39, 0.29) is 22.5 Å². The summed E-state index contributed by atoms with van der Waals surface area (Å²) in [6, 6.07) is 10.3. The zero-order valence-electron chi connectivity index (χ0n) is 19.2. The fourth-order valence-corrected chi connectivity index (χ4v) is 6.06. The lowest BCUT2D eigenvalue weighted by atomic mass is 10.1. The summed E-state index contributed by atoms with van der Waals surface area (Å²) in [5, 5.41) is 1.83. The third kappa shape index (κ3) is 5.89. The van der Waals surface area contributed by atoms with Crippen LogP contribution in [0.1, 0.15) is 24.2 Å². The maximum atomic E-state index is 13.3. The number of hydrogen-bond acceptors (Lipinski definition) is 9. The Morgan fingerprint density at radius 3 is 2.53 bits per heavy atom. The van der Waals surface area contributed by atoms with Crippen LogP contribution >= 0.6 is 23.1 Å². The van der Waals surface area contributed by atoms with Crippen LogP contribution in [0.15, 0.2) is 62.9 Å². The molecule has 0 atom stereocenters. The van der Waals surface area contributed by atoms with Crippen molar-refractivity contribution in [1.29, 1.82) is 0 Å². The zero-order chi connectivity index (χ0) is 24.3. The van der Waals surface area contributed by atoms with Gasteiger partial charge in [0.25, 0.3) is 5.91 Å². The first kappa shape index (κ1) is 24.5. The predicted molar refractivity (Wildman–Crippen MR) is 134 cm³/mol. The molecule has 1 aliphatic rings. The van der Waals surface area contributed by atoms with Crippen molar-refractivity contribution in [3.8, 4) is 5.75 Å². The van der Waals surface area contributed by atoms with Crippen LogP contribution < -0.4 is 9.64 Å². The van der Waals surface area contributed by atoms with Crippen LogP contribution in [0.25, 0.3) is 0 Å². The number of ether oxygens (including phenoxy) is 1. The summed E-state index contributed by atoms with van der Waals surface area (Å²) in [5.41, 5.74) is 0.272. The van der Waals surface area contributed by atoms with E-state index in [1.165, 1.54) is 12.1 Å². The van der Waals surface area contributed by atoms with Crippen LogP contribution in [0.2, 0.25) is 0 Å². The van der Waals surface area contributed by atoms with E-state index in [1.54, 1.807) is 40.3 Å². The largest absolute Gasteiger partial charge is 0.490 e. The minimum absolute atomic E-state index is 0.103. The molecule has 0 aliphatic carbocycles. The molecule has 1 aliphatic heterocycles. The molecule has 1 amide bonds. The van der Waals surface area contributed by atoms with E-state index in [1.807, 2.05) is 38.2 Å². The first-order chi connectivity index (χ1) is 16.2. The van der Waals surface area contributed by atoms with Crippen LogP contribution in [-0.4, -0.2) is 67.7 Å². The van der Waals surface area contributed by atoms with Gasteiger partial charge in [0, 0.05) is 38.6 Å². The lowest BCUT2D eigenvalue weighted by Gasteiger charge is -2.35. The molecule has 3 aromatic rings. The quantitative estimate of drug-likeness (QED) is 0.466. The summed E-state index contributed by atoms with van der Waals surface area (Å²) in [6.45, 7) is 6.02. The number of anilines is 1. The minimum atomic E-state index is -3.45. The van der Waals surface area contributed by atoms with Crippen LogP contribution in [0, 0.1) is 0 Å². The molecule has 0 spiro atoms. The van der Waals surface area contributed by atoms with E-state index in [0.29, 0.717) is 31.9 Å². The van der Waals surface area contributed by atoms with Gasteiger partial charge in [0.1, 0.15) is 10.8 Å². The van der Waals surface area contributed by atoms with Crippen molar-refractivity contribution in [3.63, 3.8) is 0 Å². The Labute approximate surface area is 207 Å². The molecule has 2 aromatic heterocycles. The van der Waals surface area contributed by atoms with E-state index in [0.717, 1.165) is 20.6 Å². The van der Waals surface area contributed by atoms with E-state index in [4.69, 9.17) is 4.74 Å². The lowest BCUT2D eigenvalue weighted by molar-refractivity contribution is 0.0740. The van der Waals surface area contributed by atoms with Crippen molar-refractivity contribution in [3.05, 3.63) is 54.4 Å². The number of carbonyl (C=O) groups is 1. The second-order valence-corrected chi connectivity index (χ2v) is 12.5. The third-order valence-electron chi connectivity index (χ3n) is 5.12. The average molecular weight is 519 g/mol. The normalized spacial score (nSPS) is 14.5. The highest BCUT2D eigenvalue weighted by Crippen LogP contribution is 2.35. The lowest BCUT2D eigenvalue weighted by Crippen LogP contribution is -2.48. The van der Waals surface area contributed by atoms with Crippen molar-refractivity contribution < 1.29 is 17.9 Å². The molecule has 0 saturated carbocycles. The van der Waals surface area contributed by atoms with Gasteiger partial charge in [-0.25, -0.2) is 18.4 Å². The molecule has 11 heteroatoms. The molecule has 3 heterocycles. The summed E-state index contributed by atoms with van der Waals surface area (Å²) >= 11 is 3.18. The van der Waals surface area contributed by atoms with Gasteiger partial charge in [-0.3, -0.25) is 4.79 Å². The molecule has 0 bridgehead atoms. The van der Waals surface area contributed by atoms with Crippen molar-refractivity contribution in [2.45, 2.75) is 34.1 Å². The fraction of sp³-hybridized carbons (Fsp3) is 0.348. The summed E-state index contributed by atoms with van der Waals surface area (Å²) in [5.74, 6) is 0.164. The minimum Gasteiger partial charge on any atom is -0.490 e.